The third kappa shape index (κ3) is 3.15. The fourth-order valence-electron chi connectivity index (χ4n) is 1.99. The van der Waals surface area contributed by atoms with Gasteiger partial charge in [0.25, 0.3) is 5.91 Å². The maximum atomic E-state index is 12.1. The number of carbonyl (C=O) groups is 1. The van der Waals surface area contributed by atoms with Gasteiger partial charge in [-0.25, -0.2) is 15.0 Å². The van der Waals surface area contributed by atoms with Crippen LogP contribution in [0.1, 0.15) is 16.3 Å². The molecule has 1 aromatic carbocycles. The highest BCUT2D eigenvalue weighted by Gasteiger charge is 2.16. The van der Waals surface area contributed by atoms with Crippen molar-refractivity contribution < 1.29 is 4.79 Å². The molecule has 8 nitrogen and oxygen atoms in total. The van der Waals surface area contributed by atoms with E-state index in [9.17, 15) is 4.79 Å². The second-order valence-electron chi connectivity index (χ2n) is 4.70. The number of amides is 1. The second kappa shape index (κ2) is 5.94. The van der Waals surface area contributed by atoms with Crippen LogP contribution in [0.3, 0.4) is 0 Å². The van der Waals surface area contributed by atoms with Crippen molar-refractivity contribution in [1.29, 1.82) is 0 Å². The van der Waals surface area contributed by atoms with Gasteiger partial charge in [-0.05, 0) is 18.2 Å². The van der Waals surface area contributed by atoms with Crippen LogP contribution < -0.4 is 16.8 Å². The van der Waals surface area contributed by atoms with Gasteiger partial charge in [0.1, 0.15) is 5.82 Å². The molecule has 2 aromatic heterocycles. The van der Waals surface area contributed by atoms with Gasteiger partial charge in [-0.2, -0.15) is 0 Å². The molecule has 6 N–H and O–H groups in total. The minimum absolute atomic E-state index is 0.0273. The zero-order valence-electron chi connectivity index (χ0n) is 11.7. The number of H-pyrrole nitrogens is 1. The van der Waals surface area contributed by atoms with E-state index in [1.165, 1.54) is 0 Å². The molecule has 118 valence electrons. The molecule has 0 bridgehead atoms. The number of anilines is 2. The summed E-state index contributed by atoms with van der Waals surface area (Å²) in [5.41, 5.74) is 12.6. The molecule has 0 saturated carbocycles. The van der Waals surface area contributed by atoms with Crippen LogP contribution in [0.5, 0.6) is 0 Å². The Hall–Kier alpha value is -2.52. The van der Waals surface area contributed by atoms with Gasteiger partial charge in [0.05, 0.1) is 17.6 Å². The molecule has 0 fully saturated rings. The van der Waals surface area contributed by atoms with Crippen molar-refractivity contribution in [3.8, 4) is 0 Å². The zero-order chi connectivity index (χ0) is 16.6. The van der Waals surface area contributed by atoms with Crippen LogP contribution in [0.25, 0.3) is 11.0 Å². The van der Waals surface area contributed by atoms with E-state index in [4.69, 9.17) is 23.1 Å². The Morgan fingerprint density at radius 2 is 2.04 bits per heavy atom. The summed E-state index contributed by atoms with van der Waals surface area (Å²) in [5, 5.41) is 2.57. The Kier molecular flexibility index (Phi) is 3.97. The number of hydrogen-bond acceptors (Lipinski definition) is 7. The van der Waals surface area contributed by atoms with Crippen LogP contribution in [0.4, 0.5) is 11.6 Å². The summed E-state index contributed by atoms with van der Waals surface area (Å²) in [4.78, 5) is 28.0. The first-order chi connectivity index (χ1) is 10.9. The lowest BCUT2D eigenvalue weighted by Gasteiger charge is -2.06. The third-order valence-corrected chi connectivity index (χ3v) is 3.61. The lowest BCUT2D eigenvalue weighted by atomic mass is 10.3. The highest BCUT2D eigenvalue weighted by Crippen LogP contribution is 2.18. The molecule has 23 heavy (non-hydrogen) atoms. The average molecular weight is 350 g/mol. The number of nitrogen functional groups attached to an aromatic ring is 2. The fraction of sp³-hybridized carbons (Fsp3) is 0.0769. The number of benzene rings is 1. The number of imidazole rings is 1. The summed E-state index contributed by atoms with van der Waals surface area (Å²) in [6.07, 6.45) is 0. The van der Waals surface area contributed by atoms with Gasteiger partial charge in [0.2, 0.25) is 0 Å². The number of nitrogens with zero attached hydrogens (tertiary/aromatic N) is 3. The van der Waals surface area contributed by atoms with Crippen molar-refractivity contribution in [3.63, 3.8) is 0 Å². The minimum atomic E-state index is -0.521. The van der Waals surface area contributed by atoms with E-state index in [0.29, 0.717) is 5.82 Å². The average Bonchev–Trinajstić information content (AvgIpc) is 2.90. The standard InChI is InChI=1S/C13H12ClN7OS/c14-10-12(16)21-11(15)9(20-10)13(22)17-4-8-18-6-2-1-5(23)3-7(6)19-8/h1-3,23H,4H2,(H,17,22)(H,18,19)(H4,15,16,21). The molecule has 0 saturated heterocycles. The Balaban J connectivity index is 1.76. The van der Waals surface area contributed by atoms with Crippen molar-refractivity contribution >= 4 is 52.8 Å². The van der Waals surface area contributed by atoms with Crippen LogP contribution in [-0.4, -0.2) is 25.8 Å². The van der Waals surface area contributed by atoms with Gasteiger partial charge in [0, 0.05) is 4.90 Å². The van der Waals surface area contributed by atoms with Crippen LogP contribution in [0.2, 0.25) is 5.15 Å². The van der Waals surface area contributed by atoms with E-state index in [0.717, 1.165) is 15.9 Å². The van der Waals surface area contributed by atoms with Crippen LogP contribution >= 0.6 is 24.2 Å². The molecular formula is C13H12ClN7OS. The molecule has 0 radical (unpaired) electrons. The predicted octanol–water partition coefficient (Wildman–Crippen LogP) is 1.39. The molecule has 10 heteroatoms. The molecular weight excluding hydrogens is 338 g/mol. The summed E-state index contributed by atoms with van der Waals surface area (Å²) < 4.78 is 0. The molecule has 2 heterocycles. The van der Waals surface area contributed by atoms with Gasteiger partial charge in [-0.3, -0.25) is 4.79 Å². The fourth-order valence-corrected chi connectivity index (χ4v) is 2.32. The number of halogens is 1. The smallest absolute Gasteiger partial charge is 0.274 e. The van der Waals surface area contributed by atoms with E-state index < -0.39 is 5.91 Å². The number of aromatic amines is 1. The highest BCUT2D eigenvalue weighted by atomic mass is 35.5. The zero-order valence-corrected chi connectivity index (χ0v) is 13.3. The molecule has 3 aromatic rings. The van der Waals surface area contributed by atoms with E-state index in [2.05, 4.69) is 37.9 Å². The first-order valence-corrected chi connectivity index (χ1v) is 7.31. The van der Waals surface area contributed by atoms with Crippen molar-refractivity contribution in [3.05, 3.63) is 34.9 Å². The number of aromatic nitrogens is 4. The monoisotopic (exact) mass is 349 g/mol. The summed E-state index contributed by atoms with van der Waals surface area (Å²) in [6, 6.07) is 5.52. The van der Waals surface area contributed by atoms with Crippen LogP contribution in [0.15, 0.2) is 23.1 Å². The summed E-state index contributed by atoms with van der Waals surface area (Å²) >= 11 is 10.0. The molecule has 0 unspecified atom stereocenters. The predicted molar refractivity (Wildman–Crippen MR) is 90.4 cm³/mol. The number of carbonyl (C=O) groups excluding carboxylic acids is 1. The topological polar surface area (TPSA) is 136 Å². The van der Waals surface area contributed by atoms with Gasteiger partial charge in [-0.1, -0.05) is 11.6 Å². The SMILES string of the molecule is Nc1nc(N)c(C(=O)NCc2nc3ccc(S)cc3[nH]2)nc1Cl. The van der Waals surface area contributed by atoms with Crippen molar-refractivity contribution in [1.82, 2.24) is 25.3 Å². The summed E-state index contributed by atoms with van der Waals surface area (Å²) in [6.45, 7) is 0.165. The number of hydrogen-bond donors (Lipinski definition) is 5. The highest BCUT2D eigenvalue weighted by molar-refractivity contribution is 7.80. The van der Waals surface area contributed by atoms with Gasteiger partial charge < -0.3 is 21.8 Å². The normalized spacial score (nSPS) is 10.9. The summed E-state index contributed by atoms with van der Waals surface area (Å²) in [7, 11) is 0. The number of rotatable bonds is 3. The van der Waals surface area contributed by atoms with E-state index >= 15 is 0 Å². The molecule has 0 aliphatic rings. The Bertz CT molecular complexity index is 911. The molecule has 0 atom stereocenters. The van der Waals surface area contributed by atoms with E-state index in [1.54, 1.807) is 0 Å². The first kappa shape index (κ1) is 15.4. The van der Waals surface area contributed by atoms with Gasteiger partial charge >= 0.3 is 0 Å². The number of fused-ring (bicyclic) bond motifs is 1. The van der Waals surface area contributed by atoms with E-state index in [-0.39, 0.29) is 29.0 Å². The maximum Gasteiger partial charge on any atom is 0.274 e. The molecule has 3 rings (SSSR count). The molecule has 0 spiro atoms. The van der Waals surface area contributed by atoms with Crippen molar-refractivity contribution in [2.45, 2.75) is 11.4 Å². The third-order valence-electron chi connectivity index (χ3n) is 3.05. The first-order valence-electron chi connectivity index (χ1n) is 6.48. The number of nitrogens with two attached hydrogens (primary N) is 2. The summed E-state index contributed by atoms with van der Waals surface area (Å²) in [5.74, 6) is -0.0538. The lowest BCUT2D eigenvalue weighted by Crippen LogP contribution is -2.26. The second-order valence-corrected chi connectivity index (χ2v) is 5.58. The molecule has 1 amide bonds. The largest absolute Gasteiger partial charge is 0.382 e. The van der Waals surface area contributed by atoms with Crippen LogP contribution in [-0.2, 0) is 6.54 Å². The number of nitrogens with one attached hydrogen (secondary N) is 2. The quantitative estimate of drug-likeness (QED) is 0.453. The van der Waals surface area contributed by atoms with Gasteiger partial charge in [0.15, 0.2) is 22.5 Å². The Morgan fingerprint density at radius 3 is 2.83 bits per heavy atom. The minimum Gasteiger partial charge on any atom is -0.382 e. The van der Waals surface area contributed by atoms with Crippen molar-refractivity contribution in [2.24, 2.45) is 0 Å². The van der Waals surface area contributed by atoms with E-state index in [1.807, 2.05) is 18.2 Å². The maximum absolute atomic E-state index is 12.1. The Labute approximate surface area is 141 Å². The van der Waals surface area contributed by atoms with Crippen molar-refractivity contribution in [2.75, 3.05) is 11.5 Å². The molecule has 0 aliphatic carbocycles. The lowest BCUT2D eigenvalue weighted by molar-refractivity contribution is 0.0945. The number of thiol groups is 1. The van der Waals surface area contributed by atoms with Crippen LogP contribution in [0, 0.1) is 0 Å². The van der Waals surface area contributed by atoms with Gasteiger partial charge in [-0.15, -0.1) is 12.6 Å². The Morgan fingerprint density at radius 1 is 1.26 bits per heavy atom. The molecule has 0 aliphatic heterocycles.